The minimum Gasteiger partial charge on any atom is -0.464 e. The predicted molar refractivity (Wildman–Crippen MR) is 143 cm³/mol. The minimum absolute atomic E-state index is 0.259. The van der Waals surface area contributed by atoms with Gasteiger partial charge < -0.3 is 13.9 Å². The third-order valence-corrected chi connectivity index (χ3v) is 7.79. The molecule has 7 rings (SSSR count). The summed E-state index contributed by atoms with van der Waals surface area (Å²) in [7, 11) is 0. The number of benzene rings is 3. The first-order valence-electron chi connectivity index (χ1n) is 12.9. The van der Waals surface area contributed by atoms with Gasteiger partial charge in [0, 0.05) is 36.5 Å². The van der Waals surface area contributed by atoms with Crippen molar-refractivity contribution in [3.05, 3.63) is 78.6 Å². The summed E-state index contributed by atoms with van der Waals surface area (Å²) in [5.74, 6) is 1.82. The predicted octanol–water partition coefficient (Wildman–Crippen LogP) is 6.25. The molecular weight excluding hydrogens is 460 g/mol. The average molecular weight is 487 g/mol. The Morgan fingerprint density at radius 1 is 1.00 bits per heavy atom. The molecule has 0 bridgehead atoms. The second-order valence-corrected chi connectivity index (χ2v) is 10.3. The molecule has 0 N–H and O–H groups in total. The lowest BCUT2D eigenvalue weighted by molar-refractivity contribution is -0.131. The Balaban J connectivity index is 1.23. The number of fused-ring (bicyclic) bond motifs is 2. The maximum Gasteiger partial charge on any atom is 0.225 e. The fourth-order valence-electron chi connectivity index (χ4n) is 5.63. The van der Waals surface area contributed by atoms with E-state index in [9.17, 15) is 10.1 Å². The van der Waals surface area contributed by atoms with Gasteiger partial charge in [0.25, 0.3) is 0 Å². The van der Waals surface area contributed by atoms with Crippen LogP contribution in [0.4, 0.5) is 0 Å². The van der Waals surface area contributed by atoms with Gasteiger partial charge in [-0.1, -0.05) is 36.4 Å². The van der Waals surface area contributed by atoms with E-state index >= 15 is 0 Å². The molecule has 2 aromatic heterocycles. The Morgan fingerprint density at radius 2 is 1.81 bits per heavy atom. The zero-order valence-corrected chi connectivity index (χ0v) is 20.4. The number of aromatic nitrogens is 2. The molecule has 0 spiro atoms. The monoisotopic (exact) mass is 486 g/mol. The molecular formula is C31H26N4O2. The fraction of sp³-hybridized carbons (Fsp3) is 0.258. The molecule has 37 heavy (non-hydrogen) atoms. The summed E-state index contributed by atoms with van der Waals surface area (Å²) in [5, 5.41) is 10.8. The van der Waals surface area contributed by atoms with Crippen molar-refractivity contribution in [3.8, 4) is 28.6 Å². The van der Waals surface area contributed by atoms with E-state index in [1.807, 2.05) is 35.2 Å². The van der Waals surface area contributed by atoms with Gasteiger partial charge in [-0.15, -0.1) is 0 Å². The average Bonchev–Trinajstić information content (AvgIpc) is 3.32. The standard InChI is InChI=1S/C31H26N4O2/c32-17-26-2-1-3-27-29(26)33-30(35(27)19-20-12-14-34(18-20)31(36)23-8-9-23)22-6-4-21(5-7-22)24-10-11-28-25(16-24)13-15-37-28/h1-7,10-11,13,15-16,20,23H,8-9,12,14,18-19H2/t20-/m0/s1. The van der Waals surface area contributed by atoms with Crippen molar-refractivity contribution in [2.75, 3.05) is 13.1 Å². The van der Waals surface area contributed by atoms with Crippen LogP contribution in [0.25, 0.3) is 44.5 Å². The minimum atomic E-state index is 0.259. The second kappa shape index (κ2) is 8.63. The Labute approximate surface area is 214 Å². The Hall–Kier alpha value is -4.37. The summed E-state index contributed by atoms with van der Waals surface area (Å²) in [4.78, 5) is 19.6. The highest BCUT2D eigenvalue weighted by Crippen LogP contribution is 2.35. The van der Waals surface area contributed by atoms with Crippen LogP contribution in [0.2, 0.25) is 0 Å². The lowest BCUT2D eigenvalue weighted by atomic mass is 10.0. The van der Waals surface area contributed by atoms with Crippen LogP contribution >= 0.6 is 0 Å². The van der Waals surface area contributed by atoms with Gasteiger partial charge in [0.05, 0.1) is 17.3 Å². The quantitative estimate of drug-likeness (QED) is 0.294. The normalized spacial score (nSPS) is 17.5. The summed E-state index contributed by atoms with van der Waals surface area (Å²) in [5.41, 5.74) is 6.43. The number of carbonyl (C=O) groups excluding carboxylic acids is 1. The first-order valence-corrected chi connectivity index (χ1v) is 12.9. The maximum absolute atomic E-state index is 12.6. The van der Waals surface area contributed by atoms with Gasteiger partial charge in [-0.05, 0) is 66.6 Å². The topological polar surface area (TPSA) is 75.1 Å². The number of rotatable bonds is 5. The molecule has 0 unspecified atom stereocenters. The molecule has 2 fully saturated rings. The number of imidazole rings is 1. The van der Waals surface area contributed by atoms with Crippen molar-refractivity contribution in [3.63, 3.8) is 0 Å². The molecule has 1 aliphatic heterocycles. The fourth-order valence-corrected chi connectivity index (χ4v) is 5.63. The highest BCUT2D eigenvalue weighted by Gasteiger charge is 2.36. The van der Waals surface area contributed by atoms with Crippen LogP contribution in [0.3, 0.4) is 0 Å². The number of hydrogen-bond donors (Lipinski definition) is 0. The van der Waals surface area contributed by atoms with Gasteiger partial charge >= 0.3 is 0 Å². The number of nitriles is 1. The van der Waals surface area contributed by atoms with E-state index in [1.54, 1.807) is 6.26 Å². The van der Waals surface area contributed by atoms with E-state index in [0.29, 0.717) is 17.4 Å². The maximum atomic E-state index is 12.6. The van der Waals surface area contributed by atoms with Crippen LogP contribution in [0.15, 0.2) is 77.4 Å². The number of hydrogen-bond acceptors (Lipinski definition) is 4. The summed E-state index contributed by atoms with van der Waals surface area (Å²) in [6.45, 7) is 2.40. The number of carbonyl (C=O) groups is 1. The molecule has 1 saturated carbocycles. The van der Waals surface area contributed by atoms with Gasteiger partial charge in [0.15, 0.2) is 0 Å². The van der Waals surface area contributed by atoms with Crippen molar-refractivity contribution in [1.29, 1.82) is 5.26 Å². The molecule has 2 aliphatic rings. The summed E-state index contributed by atoms with van der Waals surface area (Å²) in [6.07, 6.45) is 4.78. The van der Waals surface area contributed by atoms with E-state index in [-0.39, 0.29) is 5.92 Å². The molecule has 1 saturated heterocycles. The SMILES string of the molecule is N#Cc1cccc2c1nc(-c1ccc(-c3ccc4occc4c3)cc1)n2C[C@H]1CCN(C(=O)C2CC2)C1. The van der Waals surface area contributed by atoms with Crippen molar-refractivity contribution < 1.29 is 9.21 Å². The molecule has 1 atom stereocenters. The van der Waals surface area contributed by atoms with Crippen molar-refractivity contribution in [2.24, 2.45) is 11.8 Å². The number of para-hydroxylation sites is 1. The third-order valence-electron chi connectivity index (χ3n) is 7.79. The van der Waals surface area contributed by atoms with Crippen LogP contribution in [-0.4, -0.2) is 33.4 Å². The molecule has 182 valence electrons. The summed E-state index contributed by atoms with van der Waals surface area (Å²) >= 11 is 0. The van der Waals surface area contributed by atoms with Gasteiger partial charge in [0.1, 0.15) is 23.0 Å². The van der Waals surface area contributed by atoms with Gasteiger partial charge in [-0.3, -0.25) is 4.79 Å². The second-order valence-electron chi connectivity index (χ2n) is 10.3. The number of amides is 1. The molecule has 6 nitrogen and oxygen atoms in total. The van der Waals surface area contributed by atoms with Crippen LogP contribution in [-0.2, 0) is 11.3 Å². The largest absolute Gasteiger partial charge is 0.464 e. The first-order chi connectivity index (χ1) is 18.2. The smallest absolute Gasteiger partial charge is 0.225 e. The number of furan rings is 1. The lowest BCUT2D eigenvalue weighted by Crippen LogP contribution is -2.30. The van der Waals surface area contributed by atoms with Gasteiger partial charge in [0.2, 0.25) is 5.91 Å². The molecule has 3 heterocycles. The zero-order valence-electron chi connectivity index (χ0n) is 20.4. The van der Waals surface area contributed by atoms with E-state index in [0.717, 1.165) is 83.4 Å². The number of likely N-dealkylation sites (tertiary alicyclic amines) is 1. The first kappa shape index (κ1) is 21.9. The van der Waals surface area contributed by atoms with Crippen LogP contribution in [0.5, 0.6) is 0 Å². The van der Waals surface area contributed by atoms with Crippen molar-refractivity contribution in [1.82, 2.24) is 14.5 Å². The van der Waals surface area contributed by atoms with E-state index in [2.05, 4.69) is 47.0 Å². The number of nitrogens with zero attached hydrogens (tertiary/aromatic N) is 4. The zero-order chi connectivity index (χ0) is 24.9. The third kappa shape index (κ3) is 3.88. The molecule has 6 heteroatoms. The van der Waals surface area contributed by atoms with E-state index in [1.165, 1.54) is 0 Å². The highest BCUT2D eigenvalue weighted by molar-refractivity contribution is 5.87. The van der Waals surface area contributed by atoms with Crippen LogP contribution in [0.1, 0.15) is 24.8 Å². The Bertz CT molecular complexity index is 1680. The molecule has 1 aliphatic carbocycles. The van der Waals surface area contributed by atoms with Gasteiger partial charge in [-0.2, -0.15) is 5.26 Å². The lowest BCUT2D eigenvalue weighted by Gasteiger charge is -2.18. The molecule has 1 amide bonds. The Kier molecular flexibility index (Phi) is 5.10. The van der Waals surface area contributed by atoms with Crippen molar-refractivity contribution in [2.45, 2.75) is 25.8 Å². The van der Waals surface area contributed by atoms with Crippen molar-refractivity contribution >= 4 is 27.9 Å². The molecule has 5 aromatic rings. The van der Waals surface area contributed by atoms with E-state index < -0.39 is 0 Å². The molecule has 0 radical (unpaired) electrons. The summed E-state index contributed by atoms with van der Waals surface area (Å²) < 4.78 is 7.73. The van der Waals surface area contributed by atoms with Gasteiger partial charge in [-0.25, -0.2) is 4.98 Å². The van der Waals surface area contributed by atoms with E-state index in [4.69, 9.17) is 9.40 Å². The highest BCUT2D eigenvalue weighted by atomic mass is 16.3. The van der Waals surface area contributed by atoms with Crippen LogP contribution < -0.4 is 0 Å². The Morgan fingerprint density at radius 3 is 2.62 bits per heavy atom. The molecule has 3 aromatic carbocycles. The van der Waals surface area contributed by atoms with Crippen LogP contribution in [0, 0.1) is 23.2 Å². The summed E-state index contributed by atoms with van der Waals surface area (Å²) in [6, 6.07) is 24.7.